The molecule has 1 aliphatic rings. The van der Waals surface area contributed by atoms with Gasteiger partial charge in [0.25, 0.3) is 11.6 Å². The molecular formula is C9H10N4O4. The van der Waals surface area contributed by atoms with Crippen LogP contribution < -0.4 is 16.2 Å². The summed E-state index contributed by atoms with van der Waals surface area (Å²) in [5.74, 6) is 3.97. The van der Waals surface area contributed by atoms with Crippen molar-refractivity contribution < 1.29 is 14.8 Å². The van der Waals surface area contributed by atoms with Crippen LogP contribution >= 0.6 is 0 Å². The normalized spacial score (nSPS) is 13.4. The monoisotopic (exact) mass is 238 g/mol. The molecule has 0 spiro atoms. The van der Waals surface area contributed by atoms with E-state index in [9.17, 15) is 20.0 Å². The quantitative estimate of drug-likeness (QED) is 0.219. The predicted octanol–water partition coefficient (Wildman–Crippen LogP) is -0.276. The summed E-state index contributed by atoms with van der Waals surface area (Å²) < 4.78 is 0. The predicted molar refractivity (Wildman–Crippen MR) is 58.6 cm³/mol. The fourth-order valence-electron chi connectivity index (χ4n) is 1.52. The molecule has 1 saturated heterocycles. The number of carbonyl (C=O) groups excluding carboxylic acids is 1. The number of benzene rings is 1. The third-order valence-corrected chi connectivity index (χ3v) is 2.45. The Morgan fingerprint density at radius 3 is 2.65 bits per heavy atom. The number of nitrogen functional groups attached to an aromatic ring is 1. The number of anilines is 1. The summed E-state index contributed by atoms with van der Waals surface area (Å²) in [6.07, 6.45) is 0. The minimum absolute atomic E-state index is 0.169. The van der Waals surface area contributed by atoms with Gasteiger partial charge in [0.15, 0.2) is 0 Å². The molecule has 4 N–H and O–H groups in total. The van der Waals surface area contributed by atoms with Gasteiger partial charge in [-0.05, 0) is 6.07 Å². The average molecular weight is 238 g/mol. The number of rotatable bonds is 3. The molecule has 0 radical (unpaired) electrons. The number of hydrazine groups is 1. The molecule has 1 aromatic carbocycles. The Hall–Kier alpha value is -2.35. The molecule has 1 aliphatic heterocycles. The highest BCUT2D eigenvalue weighted by Gasteiger charge is 2.28. The third-order valence-electron chi connectivity index (χ3n) is 2.45. The van der Waals surface area contributed by atoms with E-state index in [0.717, 1.165) is 19.2 Å². The van der Waals surface area contributed by atoms with E-state index in [0.29, 0.717) is 5.69 Å². The van der Waals surface area contributed by atoms with Crippen molar-refractivity contribution in [1.29, 1.82) is 0 Å². The Labute approximate surface area is 95.7 Å². The minimum Gasteiger partial charge on any atom is -0.506 e. The second kappa shape index (κ2) is 3.91. The Morgan fingerprint density at radius 2 is 2.18 bits per heavy atom. The van der Waals surface area contributed by atoms with E-state index < -0.39 is 16.5 Å². The Morgan fingerprint density at radius 1 is 1.53 bits per heavy atom. The third kappa shape index (κ3) is 1.97. The first-order valence-electron chi connectivity index (χ1n) is 4.82. The number of nitro benzene ring substituents is 1. The second-order valence-electron chi connectivity index (χ2n) is 3.58. The number of carbonyl (C=O) groups is 1. The number of nitro groups is 1. The lowest BCUT2D eigenvalue weighted by molar-refractivity contribution is -0.385. The van der Waals surface area contributed by atoms with Crippen molar-refractivity contribution in [3.63, 3.8) is 0 Å². The molecule has 1 amide bonds. The molecular weight excluding hydrogens is 228 g/mol. The van der Waals surface area contributed by atoms with Crippen molar-refractivity contribution in [3.8, 4) is 5.75 Å². The smallest absolute Gasteiger partial charge is 0.286 e. The van der Waals surface area contributed by atoms with Crippen LogP contribution in [-0.2, 0) is 0 Å². The summed E-state index contributed by atoms with van der Waals surface area (Å²) in [5, 5.41) is 20.4. The van der Waals surface area contributed by atoms with Crippen molar-refractivity contribution in [2.45, 2.75) is 0 Å². The number of aromatic hydroxyl groups is 1. The maximum Gasteiger partial charge on any atom is 0.286 e. The van der Waals surface area contributed by atoms with Gasteiger partial charge in [0.05, 0.1) is 16.7 Å². The number of nitrogens with zero attached hydrogens (tertiary/aromatic N) is 2. The number of hydrogen-bond donors (Lipinski definition) is 3. The Balaban J connectivity index is 2.55. The molecule has 0 aliphatic carbocycles. The molecule has 1 heterocycles. The van der Waals surface area contributed by atoms with Crippen LogP contribution in [0.3, 0.4) is 0 Å². The van der Waals surface area contributed by atoms with Gasteiger partial charge in [0.1, 0.15) is 11.3 Å². The van der Waals surface area contributed by atoms with Crippen LogP contribution in [0, 0.1) is 10.1 Å². The SMILES string of the molecule is NNC(=O)c1cc(N2CC2)c(O)cc1[N+](=O)[O-]. The van der Waals surface area contributed by atoms with Gasteiger partial charge in [0.2, 0.25) is 0 Å². The first kappa shape index (κ1) is 11.1. The molecule has 0 saturated carbocycles. The molecule has 1 aromatic rings. The zero-order valence-corrected chi connectivity index (χ0v) is 8.71. The van der Waals surface area contributed by atoms with E-state index in [4.69, 9.17) is 5.84 Å². The van der Waals surface area contributed by atoms with E-state index in [2.05, 4.69) is 0 Å². The van der Waals surface area contributed by atoms with Gasteiger partial charge in [-0.15, -0.1) is 0 Å². The average Bonchev–Trinajstić information content (AvgIpc) is 3.11. The molecule has 90 valence electrons. The number of hydrogen-bond acceptors (Lipinski definition) is 6. The first-order valence-corrected chi connectivity index (χ1v) is 4.82. The largest absolute Gasteiger partial charge is 0.506 e. The van der Waals surface area contributed by atoms with Crippen molar-refractivity contribution in [1.82, 2.24) is 5.43 Å². The number of amides is 1. The number of nitrogens with two attached hydrogens (primary N) is 1. The summed E-state index contributed by atoms with van der Waals surface area (Å²) in [5.41, 5.74) is 1.59. The van der Waals surface area contributed by atoms with Crippen molar-refractivity contribution in [2.24, 2.45) is 5.84 Å². The van der Waals surface area contributed by atoms with Crippen LogP contribution in [0.1, 0.15) is 10.4 Å². The topological polar surface area (TPSA) is 122 Å². The second-order valence-corrected chi connectivity index (χ2v) is 3.58. The standard InChI is InChI=1S/C9H10N4O4/c10-11-9(15)5-3-7(12-1-2-12)8(14)4-6(5)13(16)17/h3-4,14H,1-2,10H2,(H,11,15). The summed E-state index contributed by atoms with van der Waals surface area (Å²) in [7, 11) is 0. The number of phenols is 1. The van der Waals surface area contributed by atoms with Crippen LogP contribution in [0.5, 0.6) is 5.75 Å². The lowest BCUT2D eigenvalue weighted by Crippen LogP contribution is -2.30. The van der Waals surface area contributed by atoms with Crippen LogP contribution in [-0.4, -0.2) is 29.0 Å². The van der Waals surface area contributed by atoms with Gasteiger partial charge in [0, 0.05) is 13.1 Å². The van der Waals surface area contributed by atoms with Gasteiger partial charge < -0.3 is 10.0 Å². The molecule has 1 fully saturated rings. The van der Waals surface area contributed by atoms with Crippen LogP contribution in [0.2, 0.25) is 0 Å². The lowest BCUT2D eigenvalue weighted by Gasteiger charge is -2.08. The van der Waals surface area contributed by atoms with E-state index >= 15 is 0 Å². The fraction of sp³-hybridized carbons (Fsp3) is 0.222. The molecule has 0 aromatic heterocycles. The lowest BCUT2D eigenvalue weighted by atomic mass is 10.1. The maximum atomic E-state index is 11.4. The Kier molecular flexibility index (Phi) is 2.56. The highest BCUT2D eigenvalue weighted by Crippen LogP contribution is 2.36. The highest BCUT2D eigenvalue weighted by molar-refractivity contribution is 5.99. The molecule has 0 bridgehead atoms. The summed E-state index contributed by atoms with van der Waals surface area (Å²) >= 11 is 0. The molecule has 2 rings (SSSR count). The van der Waals surface area contributed by atoms with Crippen LogP contribution in [0.15, 0.2) is 12.1 Å². The van der Waals surface area contributed by atoms with E-state index in [1.807, 2.05) is 5.43 Å². The molecule has 0 atom stereocenters. The zero-order chi connectivity index (χ0) is 12.6. The van der Waals surface area contributed by atoms with Gasteiger partial charge in [-0.1, -0.05) is 0 Å². The Bertz CT molecular complexity index is 498. The van der Waals surface area contributed by atoms with Gasteiger partial charge >= 0.3 is 0 Å². The minimum atomic E-state index is -0.764. The molecule has 8 heteroatoms. The van der Waals surface area contributed by atoms with Crippen LogP contribution in [0.25, 0.3) is 0 Å². The number of phenolic OH excluding ortho intramolecular Hbond substituents is 1. The molecule has 17 heavy (non-hydrogen) atoms. The summed E-state index contributed by atoms with van der Waals surface area (Å²) in [6.45, 7) is 1.49. The fourth-order valence-corrected chi connectivity index (χ4v) is 1.52. The van der Waals surface area contributed by atoms with E-state index in [-0.39, 0.29) is 11.3 Å². The van der Waals surface area contributed by atoms with Crippen molar-refractivity contribution in [2.75, 3.05) is 18.0 Å². The zero-order valence-electron chi connectivity index (χ0n) is 8.71. The van der Waals surface area contributed by atoms with Gasteiger partial charge in [-0.25, -0.2) is 5.84 Å². The first-order chi connectivity index (χ1) is 8.04. The summed E-state index contributed by atoms with van der Waals surface area (Å²) in [4.78, 5) is 23.2. The molecule has 8 nitrogen and oxygen atoms in total. The summed E-state index contributed by atoms with van der Waals surface area (Å²) in [6, 6.07) is 2.22. The van der Waals surface area contributed by atoms with Crippen LogP contribution in [0.4, 0.5) is 11.4 Å². The van der Waals surface area contributed by atoms with E-state index in [1.165, 1.54) is 6.07 Å². The maximum absolute atomic E-state index is 11.4. The number of nitrogens with one attached hydrogen (secondary N) is 1. The van der Waals surface area contributed by atoms with Crippen molar-refractivity contribution in [3.05, 3.63) is 27.8 Å². The van der Waals surface area contributed by atoms with E-state index in [1.54, 1.807) is 4.90 Å². The molecule has 0 unspecified atom stereocenters. The van der Waals surface area contributed by atoms with Gasteiger partial charge in [-0.3, -0.25) is 20.3 Å². The highest BCUT2D eigenvalue weighted by atomic mass is 16.6. The van der Waals surface area contributed by atoms with Crippen molar-refractivity contribution >= 4 is 17.3 Å². The van der Waals surface area contributed by atoms with Gasteiger partial charge in [-0.2, -0.15) is 0 Å².